The molecule has 0 amide bonds. The number of hydrogen-bond acceptors (Lipinski definition) is 7. The molecule has 2 aromatic carbocycles. The van der Waals surface area contributed by atoms with Crippen molar-refractivity contribution in [2.24, 2.45) is 17.8 Å². The summed E-state index contributed by atoms with van der Waals surface area (Å²) in [5.74, 6) is 3.32. The Kier molecular flexibility index (Phi) is 10.1. The van der Waals surface area contributed by atoms with Crippen molar-refractivity contribution in [2.45, 2.75) is 101 Å². The highest BCUT2D eigenvalue weighted by Crippen LogP contribution is 2.58. The molecule has 1 aromatic heterocycles. The highest BCUT2D eigenvalue weighted by Gasteiger charge is 2.54. The fourth-order valence-electron chi connectivity index (χ4n) is 10.2. The van der Waals surface area contributed by atoms with Gasteiger partial charge in [0.15, 0.2) is 11.5 Å². The zero-order chi connectivity index (χ0) is 35.9. The van der Waals surface area contributed by atoms with Gasteiger partial charge in [-0.15, -0.1) is 0 Å². The average molecular weight is 728 g/mol. The van der Waals surface area contributed by atoms with Gasteiger partial charge in [-0.3, -0.25) is 4.98 Å². The Morgan fingerprint density at radius 1 is 1.08 bits per heavy atom. The fraction of sp³-hybridized carbons (Fsp3) is 0.581. The molecule has 1 saturated carbocycles. The molecule has 0 radical (unpaired) electrons. The molecule has 278 valence electrons. The zero-order valence-electron chi connectivity index (χ0n) is 30.8. The summed E-state index contributed by atoms with van der Waals surface area (Å²) in [5, 5.41) is 14.7. The van der Waals surface area contributed by atoms with Crippen LogP contribution in [0.15, 0.2) is 48.7 Å². The topological polar surface area (TPSA) is 93.2 Å². The third-order valence-electron chi connectivity index (χ3n) is 13.0. The molecule has 2 fully saturated rings. The minimum absolute atomic E-state index is 0.164. The number of aromatic nitrogens is 1. The van der Waals surface area contributed by atoms with Crippen molar-refractivity contribution in [2.75, 3.05) is 44.8 Å². The molecule has 9 heteroatoms. The van der Waals surface area contributed by atoms with Gasteiger partial charge in [-0.2, -0.15) is 0 Å². The Morgan fingerprint density at radius 2 is 1.85 bits per heavy atom. The van der Waals surface area contributed by atoms with Gasteiger partial charge in [-0.1, -0.05) is 31.5 Å². The van der Waals surface area contributed by atoms with Gasteiger partial charge in [-0.25, -0.2) is 4.79 Å². The molecule has 2 N–H and O–H groups in total. The summed E-state index contributed by atoms with van der Waals surface area (Å²) in [5.41, 5.74) is 4.64. The van der Waals surface area contributed by atoms with E-state index in [1.165, 1.54) is 61.2 Å². The van der Waals surface area contributed by atoms with Gasteiger partial charge in [-0.05, 0) is 154 Å². The smallest absolute Gasteiger partial charge is 0.329 e. The van der Waals surface area contributed by atoms with Crippen LogP contribution in [0.4, 0.5) is 5.69 Å². The lowest BCUT2D eigenvalue weighted by Crippen LogP contribution is -2.53. The number of ether oxygens (including phenoxy) is 3. The summed E-state index contributed by atoms with van der Waals surface area (Å²) in [6.07, 6.45) is 12.3. The summed E-state index contributed by atoms with van der Waals surface area (Å²) in [6, 6.07) is 14.0. The highest BCUT2D eigenvalue weighted by atomic mass is 35.5. The molecule has 3 heterocycles. The van der Waals surface area contributed by atoms with E-state index >= 15 is 0 Å². The van der Waals surface area contributed by atoms with Gasteiger partial charge in [0.25, 0.3) is 0 Å². The second-order valence-corrected chi connectivity index (χ2v) is 17.1. The molecule has 8 rings (SSSR count). The van der Waals surface area contributed by atoms with Crippen molar-refractivity contribution in [3.63, 3.8) is 0 Å². The molecule has 3 aliphatic carbocycles. The van der Waals surface area contributed by atoms with Gasteiger partial charge >= 0.3 is 5.97 Å². The number of pyridine rings is 1. The average Bonchev–Trinajstić information content (AvgIpc) is 3.69. The Labute approximate surface area is 313 Å². The van der Waals surface area contributed by atoms with E-state index in [0.29, 0.717) is 61.4 Å². The number of carbonyl (C=O) groups is 1. The van der Waals surface area contributed by atoms with Gasteiger partial charge < -0.3 is 29.5 Å². The van der Waals surface area contributed by atoms with Crippen LogP contribution >= 0.6 is 11.6 Å². The van der Waals surface area contributed by atoms with Crippen LogP contribution in [0.5, 0.6) is 17.2 Å². The number of aryl methyl sites for hydroxylation is 1. The van der Waals surface area contributed by atoms with Crippen molar-refractivity contribution in [3.8, 4) is 17.2 Å². The number of rotatable bonds is 10. The van der Waals surface area contributed by atoms with Crippen LogP contribution in [0.25, 0.3) is 0 Å². The lowest BCUT2D eigenvalue weighted by atomic mass is 9.59. The monoisotopic (exact) mass is 727 g/mol. The van der Waals surface area contributed by atoms with Crippen LogP contribution in [-0.4, -0.2) is 66.0 Å². The minimum Gasteiger partial charge on any atom is -0.493 e. The molecule has 2 unspecified atom stereocenters. The highest BCUT2D eigenvalue weighted by molar-refractivity contribution is 6.30. The summed E-state index contributed by atoms with van der Waals surface area (Å²) >= 11 is 6.31. The van der Waals surface area contributed by atoms with E-state index < -0.39 is 11.5 Å². The van der Waals surface area contributed by atoms with E-state index in [0.717, 1.165) is 61.6 Å². The third kappa shape index (κ3) is 6.98. The molecular weight excluding hydrogens is 674 g/mol. The first kappa shape index (κ1) is 35.5. The predicted octanol–water partition coefficient (Wildman–Crippen LogP) is 8.68. The molecule has 2 aliphatic heterocycles. The lowest BCUT2D eigenvalue weighted by Gasteiger charge is -2.47. The maximum absolute atomic E-state index is 13.0. The molecule has 0 bridgehead atoms. The van der Waals surface area contributed by atoms with E-state index in [9.17, 15) is 9.90 Å². The summed E-state index contributed by atoms with van der Waals surface area (Å²) < 4.78 is 19.7. The maximum atomic E-state index is 13.0. The van der Waals surface area contributed by atoms with E-state index in [4.69, 9.17) is 25.8 Å². The molecule has 52 heavy (non-hydrogen) atoms. The van der Waals surface area contributed by atoms with Crippen molar-refractivity contribution in [1.29, 1.82) is 0 Å². The second kappa shape index (κ2) is 14.7. The number of nitrogens with one attached hydrogen (secondary N) is 1. The Bertz CT molecular complexity index is 1770. The van der Waals surface area contributed by atoms with Crippen LogP contribution in [0.3, 0.4) is 0 Å². The standard InChI is InChI=1S/C43H54ClN3O5/c1-28(25-50-37-11-16-45-36-10-5-7-29(2)40(36)37)19-32-20-31-21-38-39(52-27-30(26-51-38)24-47-17-3-4-18-47)23-35(31)42(32)12-14-43(15-13-42,41(48)49)46-34-9-6-8-33(44)22-34/h6,8-9,11,16,21-23,28-30,32,46H,3-5,7,10,12-15,17-20,24-27H2,1-2H3,(H,48,49)/t28-,29-,30?,32?,42?,43?/m1/s1. The Balaban J connectivity index is 1.04. The molecular formula is C43H54ClN3O5. The second-order valence-electron chi connectivity index (χ2n) is 16.6. The first-order valence-electron chi connectivity index (χ1n) is 19.7. The third-order valence-corrected chi connectivity index (χ3v) is 13.3. The number of halogens is 1. The van der Waals surface area contributed by atoms with Gasteiger partial charge in [0, 0.05) is 40.6 Å². The van der Waals surface area contributed by atoms with Crippen LogP contribution < -0.4 is 19.5 Å². The maximum Gasteiger partial charge on any atom is 0.329 e. The summed E-state index contributed by atoms with van der Waals surface area (Å²) in [6.45, 7) is 9.90. The minimum atomic E-state index is -1.07. The molecule has 1 saturated heterocycles. The Hall–Kier alpha value is -3.49. The number of aliphatic carboxylic acids is 1. The normalized spacial score (nSPS) is 28.9. The molecule has 1 spiro atoms. The lowest BCUT2D eigenvalue weighted by molar-refractivity contribution is -0.144. The van der Waals surface area contributed by atoms with E-state index in [1.807, 2.05) is 36.5 Å². The Morgan fingerprint density at radius 3 is 2.60 bits per heavy atom. The largest absolute Gasteiger partial charge is 0.493 e. The number of benzene rings is 2. The van der Waals surface area contributed by atoms with Crippen LogP contribution in [-0.2, 0) is 23.1 Å². The molecule has 4 atom stereocenters. The van der Waals surface area contributed by atoms with Crippen molar-refractivity contribution >= 4 is 23.3 Å². The predicted molar refractivity (Wildman–Crippen MR) is 204 cm³/mol. The number of anilines is 1. The quantitative estimate of drug-likeness (QED) is 0.214. The van der Waals surface area contributed by atoms with Crippen molar-refractivity contribution < 1.29 is 24.1 Å². The summed E-state index contributed by atoms with van der Waals surface area (Å²) in [7, 11) is 0. The number of carboxylic acid groups (broad SMARTS) is 1. The van der Waals surface area contributed by atoms with Crippen LogP contribution in [0.2, 0.25) is 5.02 Å². The SMILES string of the molecule is C[C@@H](COc1ccnc2c1[C@H](C)CCC2)CC1Cc2cc3c(cc2C12CCC(Nc1cccc(Cl)c1)(C(=O)O)CC2)OCC(CN1CCCC1)CO3. The fourth-order valence-corrected chi connectivity index (χ4v) is 10.4. The van der Waals surface area contributed by atoms with Crippen LogP contribution in [0.1, 0.15) is 99.9 Å². The first-order chi connectivity index (χ1) is 25.2. The number of nitrogens with zero attached hydrogens (tertiary/aromatic N) is 2. The summed E-state index contributed by atoms with van der Waals surface area (Å²) in [4.78, 5) is 20.3. The number of carboxylic acids is 1. The van der Waals surface area contributed by atoms with E-state index in [1.54, 1.807) is 0 Å². The van der Waals surface area contributed by atoms with Gasteiger partial charge in [0.1, 0.15) is 11.3 Å². The zero-order valence-corrected chi connectivity index (χ0v) is 31.6. The van der Waals surface area contributed by atoms with Crippen molar-refractivity contribution in [1.82, 2.24) is 9.88 Å². The van der Waals surface area contributed by atoms with Gasteiger partial charge in [0.2, 0.25) is 0 Å². The van der Waals surface area contributed by atoms with Gasteiger partial charge in [0.05, 0.1) is 19.8 Å². The van der Waals surface area contributed by atoms with E-state index in [-0.39, 0.29) is 5.41 Å². The molecule has 8 nitrogen and oxygen atoms in total. The van der Waals surface area contributed by atoms with Crippen LogP contribution in [0, 0.1) is 17.8 Å². The number of likely N-dealkylation sites (tertiary alicyclic amines) is 1. The molecule has 5 aliphatic rings. The first-order valence-corrected chi connectivity index (χ1v) is 20.1. The van der Waals surface area contributed by atoms with E-state index in [2.05, 4.69) is 41.2 Å². The number of hydrogen-bond donors (Lipinski definition) is 2. The molecule has 3 aromatic rings. The number of fused-ring (bicyclic) bond motifs is 4. The van der Waals surface area contributed by atoms with Crippen molar-refractivity contribution in [3.05, 3.63) is 76.1 Å².